The zero-order valence-electron chi connectivity index (χ0n) is 52.7. The molecule has 25 nitrogen and oxygen atoms in total. The van der Waals surface area contributed by atoms with Crippen LogP contribution < -0.4 is 20.9 Å². The number of amides is 1. The van der Waals surface area contributed by atoms with Gasteiger partial charge in [-0.1, -0.05) is 7.43 Å². The summed E-state index contributed by atoms with van der Waals surface area (Å²) in [6.45, 7) is 15.7. The van der Waals surface area contributed by atoms with Gasteiger partial charge in [0.15, 0.2) is 0 Å². The highest BCUT2D eigenvalue weighted by Crippen LogP contribution is 2.53. The van der Waals surface area contributed by atoms with Crippen LogP contribution in [0.3, 0.4) is 0 Å². The topological polar surface area (TPSA) is 302 Å². The van der Waals surface area contributed by atoms with E-state index in [-0.39, 0.29) is 36.7 Å². The first kappa shape index (κ1) is 63.1. The molecule has 25 heteroatoms. The molecule has 476 valence electrons. The first-order valence-corrected chi connectivity index (χ1v) is 30.6. The number of nitrogens with two attached hydrogens (primary N) is 1. The van der Waals surface area contributed by atoms with E-state index in [4.69, 9.17) is 39.9 Å². The molecule has 4 aliphatic carbocycles. The van der Waals surface area contributed by atoms with E-state index in [0.717, 1.165) is 107 Å². The number of nitrogens with one attached hydrogen (secondary N) is 1. The summed E-state index contributed by atoms with van der Waals surface area (Å²) >= 11 is 0. The number of fused-ring (bicyclic) bond motifs is 2. The van der Waals surface area contributed by atoms with Crippen LogP contribution in [0.25, 0.3) is 55.8 Å². The van der Waals surface area contributed by atoms with Crippen LogP contribution in [0.1, 0.15) is 145 Å². The molecule has 0 radical (unpaired) electrons. The molecule has 1 amide bonds. The van der Waals surface area contributed by atoms with E-state index in [1.54, 1.807) is 84.7 Å². The number of carbonyl (C=O) groups excluding carboxylic acids is 3. The third-order valence-electron chi connectivity index (χ3n) is 17.5. The standard InChI is InChI=1S/C30H33N9O2.C25H25N9.C10H18O5.CH4/c1-29(2,3)41-28(40)36-30-8-18-5-22(9-30)39(23(6-18)10-30)26-15-32-25(14-33-26)24-7-19(21-13-34-37(4)16-21)17-38-27(24)20(11-31)12-35-38;1-32-13-18(10-30-32)16-4-21(24-17(8-26)9-31-33(24)14-16)22-11-29-23(12-28-22)34-19-2-15-3-20(34)7-25(27,5-15)6-19;1-9(2,3)14-7(11)13-8(12)15-10(4,5)6;/h7,12-18,22-23H,5-6,8-10H2,1-4H3,(H,36,40);4,9-15,19-20H,2-3,5-7,27H2,1H3;1-6H3;1H4. The Bertz CT molecular complexity index is 4080. The summed E-state index contributed by atoms with van der Waals surface area (Å²) < 4.78 is 26.4. The lowest BCUT2D eigenvalue weighted by Crippen LogP contribution is -2.69. The second kappa shape index (κ2) is 23.7. The van der Waals surface area contributed by atoms with Crippen molar-refractivity contribution in [2.24, 2.45) is 31.7 Å². The van der Waals surface area contributed by atoms with E-state index in [2.05, 4.69) is 52.4 Å². The maximum Gasteiger partial charge on any atom is 0.519 e. The molecule has 4 unspecified atom stereocenters. The average molecular weight is 1240 g/mol. The SMILES string of the molecule is C.CC(C)(C)OC(=O)OC(=O)OC(C)(C)C.Cn1cc(-c2cc(-c3cnc(N4C5CC6CC4CC(N)(C6)C5)cn3)c3c(C#N)cnn3c2)cn1.Cn1cc(-c2cc(-c3cnc(N4C5CC6CC4CC(NC(=O)OC(C)(C)C)(C6)C5)cn3)c3c(C#N)cnn3c2)cn1. The van der Waals surface area contributed by atoms with Crippen molar-refractivity contribution in [2.75, 3.05) is 9.80 Å². The number of carbonyl (C=O) groups is 3. The van der Waals surface area contributed by atoms with Crippen molar-refractivity contribution in [1.29, 1.82) is 10.5 Å². The Kier molecular flexibility index (Phi) is 16.4. The Morgan fingerprint density at radius 1 is 0.538 bits per heavy atom. The lowest BCUT2D eigenvalue weighted by molar-refractivity contribution is -0.0294. The smallest absolute Gasteiger partial charge is 0.444 e. The third kappa shape index (κ3) is 13.4. The van der Waals surface area contributed by atoms with Crippen molar-refractivity contribution in [2.45, 2.75) is 186 Å². The van der Waals surface area contributed by atoms with E-state index < -0.39 is 29.1 Å². The molecule has 8 aliphatic rings. The Morgan fingerprint density at radius 2 is 0.956 bits per heavy atom. The molecule has 8 aromatic heterocycles. The zero-order valence-corrected chi connectivity index (χ0v) is 52.7. The van der Waals surface area contributed by atoms with Gasteiger partial charge in [0.1, 0.15) is 40.6 Å². The molecule has 0 aromatic carbocycles. The highest BCUT2D eigenvalue weighted by molar-refractivity contribution is 5.87. The summed E-state index contributed by atoms with van der Waals surface area (Å²) in [5, 5.41) is 40.1. The number of nitrogens with zero attached hydrogens (tertiary/aromatic N) is 16. The van der Waals surface area contributed by atoms with Gasteiger partial charge in [-0.25, -0.2) is 33.4 Å². The summed E-state index contributed by atoms with van der Waals surface area (Å²) in [7, 11) is 3.77. The molecule has 4 atom stereocenters. The number of hydrogen-bond acceptors (Lipinski definition) is 20. The number of nitriles is 2. The summed E-state index contributed by atoms with van der Waals surface area (Å²) in [6, 6.07) is 10.1. The van der Waals surface area contributed by atoms with Gasteiger partial charge in [-0.15, -0.1) is 0 Å². The Labute approximate surface area is 528 Å². The molecule has 12 heterocycles. The highest BCUT2D eigenvalue weighted by Gasteiger charge is 2.56. The molecule has 4 saturated carbocycles. The summed E-state index contributed by atoms with van der Waals surface area (Å²) in [5.74, 6) is 3.11. The molecular weight excluding hydrogens is 1160 g/mol. The monoisotopic (exact) mass is 1240 g/mol. The van der Waals surface area contributed by atoms with Gasteiger partial charge in [0.2, 0.25) is 0 Å². The average Bonchev–Trinajstić information content (AvgIpc) is 1.50. The largest absolute Gasteiger partial charge is 0.519 e. The van der Waals surface area contributed by atoms with Crippen molar-refractivity contribution in [3.63, 3.8) is 0 Å². The lowest BCUT2D eigenvalue weighted by Gasteiger charge is -2.61. The minimum atomic E-state index is -1.06. The second-order valence-electron chi connectivity index (χ2n) is 28.2. The van der Waals surface area contributed by atoms with Gasteiger partial charge < -0.3 is 39.8 Å². The van der Waals surface area contributed by atoms with E-state index >= 15 is 0 Å². The Morgan fingerprint density at radius 3 is 1.32 bits per heavy atom. The second-order valence-corrected chi connectivity index (χ2v) is 28.2. The molecule has 8 bridgehead atoms. The fourth-order valence-electron chi connectivity index (χ4n) is 14.8. The van der Waals surface area contributed by atoms with Gasteiger partial charge in [0.25, 0.3) is 0 Å². The van der Waals surface area contributed by atoms with E-state index in [0.29, 0.717) is 40.3 Å². The van der Waals surface area contributed by atoms with Crippen LogP contribution in [-0.2, 0) is 33.0 Å². The van der Waals surface area contributed by atoms with Gasteiger partial charge in [0.05, 0.1) is 83.1 Å². The minimum absolute atomic E-state index is 0. The predicted molar refractivity (Wildman–Crippen MR) is 339 cm³/mol. The van der Waals surface area contributed by atoms with Crippen molar-refractivity contribution in [1.82, 2.24) is 64.0 Å². The number of aromatic nitrogens is 12. The molecule has 0 spiro atoms. The van der Waals surface area contributed by atoms with E-state index in [9.17, 15) is 24.9 Å². The maximum atomic E-state index is 12.7. The van der Waals surface area contributed by atoms with Crippen LogP contribution in [0.4, 0.5) is 26.0 Å². The summed E-state index contributed by atoms with van der Waals surface area (Å²) in [6.07, 6.45) is 30.0. The zero-order chi connectivity index (χ0) is 63.8. The molecule has 4 aliphatic heterocycles. The van der Waals surface area contributed by atoms with Gasteiger partial charge in [-0.05, 0) is 150 Å². The number of aryl methyl sites for hydroxylation is 2. The van der Waals surface area contributed by atoms with Gasteiger partial charge in [-0.3, -0.25) is 19.3 Å². The van der Waals surface area contributed by atoms with E-state index in [1.165, 1.54) is 19.3 Å². The third-order valence-corrected chi connectivity index (χ3v) is 17.5. The first-order valence-electron chi connectivity index (χ1n) is 30.6. The van der Waals surface area contributed by atoms with Crippen LogP contribution in [0.15, 0.2) is 86.5 Å². The Balaban J connectivity index is 0.000000154. The molecule has 8 aromatic rings. The number of ether oxygens (including phenoxy) is 4. The van der Waals surface area contributed by atoms with Gasteiger partial charge >= 0.3 is 18.4 Å². The highest BCUT2D eigenvalue weighted by atomic mass is 16.8. The number of pyridine rings is 2. The van der Waals surface area contributed by atoms with Crippen LogP contribution in [0.5, 0.6) is 0 Å². The molecule has 91 heavy (non-hydrogen) atoms. The predicted octanol–water partition coefficient (Wildman–Crippen LogP) is 10.9. The summed E-state index contributed by atoms with van der Waals surface area (Å²) in [5.41, 5.74) is 13.8. The van der Waals surface area contributed by atoms with Crippen LogP contribution in [0, 0.1) is 34.5 Å². The Hall–Kier alpha value is -9.49. The van der Waals surface area contributed by atoms with Crippen LogP contribution in [0.2, 0.25) is 0 Å². The van der Waals surface area contributed by atoms with Crippen molar-refractivity contribution < 1.29 is 33.3 Å². The number of anilines is 2. The van der Waals surface area contributed by atoms with Crippen molar-refractivity contribution in [3.05, 3.63) is 97.6 Å². The quantitative estimate of drug-likeness (QED) is 0.0851. The first-order chi connectivity index (χ1) is 42.6. The minimum Gasteiger partial charge on any atom is -0.444 e. The molecule has 4 saturated heterocycles. The molecule has 8 fully saturated rings. The summed E-state index contributed by atoms with van der Waals surface area (Å²) in [4.78, 5) is 59.1. The van der Waals surface area contributed by atoms with E-state index in [1.807, 2.05) is 96.6 Å². The van der Waals surface area contributed by atoms with Gasteiger partial charge in [0, 0.05) is 108 Å². The lowest BCUT2D eigenvalue weighted by atomic mass is 9.59. The maximum absolute atomic E-state index is 12.7. The number of hydrogen-bond donors (Lipinski definition) is 2. The van der Waals surface area contributed by atoms with Crippen LogP contribution in [-0.4, -0.2) is 129 Å². The van der Waals surface area contributed by atoms with Crippen molar-refractivity contribution >= 4 is 41.1 Å². The number of piperidine rings is 4. The van der Waals surface area contributed by atoms with Crippen LogP contribution >= 0.6 is 0 Å². The number of alkyl carbamates (subject to hydrolysis) is 1. The fourth-order valence-corrected chi connectivity index (χ4v) is 14.8. The molecule has 3 N–H and O–H groups in total. The number of rotatable bonds is 7. The normalized spacial score (nSPS) is 23.5. The fraction of sp³-hybridized carbons (Fsp3) is 0.500. The molecule has 16 rings (SSSR count). The van der Waals surface area contributed by atoms with Crippen molar-refractivity contribution in [3.8, 4) is 56.9 Å². The van der Waals surface area contributed by atoms with Gasteiger partial charge in [-0.2, -0.15) is 30.9 Å². The molecular formula is C66H80N18O7.